The number of thiophene rings is 2. The third-order valence-electron chi connectivity index (χ3n) is 5.20. The second-order valence-electron chi connectivity index (χ2n) is 7.10. The molecule has 7 heteroatoms. The average Bonchev–Trinajstić information content (AvgIpc) is 3.48. The van der Waals surface area contributed by atoms with E-state index in [0.717, 1.165) is 41.3 Å². The molecule has 5 rings (SSSR count). The quantitative estimate of drug-likeness (QED) is 0.501. The van der Waals surface area contributed by atoms with Gasteiger partial charge in [0.2, 0.25) is 5.91 Å². The number of aromatic nitrogens is 3. The molecule has 142 valence electrons. The van der Waals surface area contributed by atoms with Crippen LogP contribution >= 0.6 is 22.7 Å². The molecule has 5 nitrogen and oxygen atoms in total. The Labute approximate surface area is 171 Å². The summed E-state index contributed by atoms with van der Waals surface area (Å²) in [7, 11) is 0. The summed E-state index contributed by atoms with van der Waals surface area (Å²) in [4.78, 5) is 21.8. The molecule has 0 bridgehead atoms. The number of pyridine rings is 1. The van der Waals surface area contributed by atoms with Gasteiger partial charge >= 0.3 is 0 Å². The minimum absolute atomic E-state index is 0.200. The molecular weight excluding hydrogens is 388 g/mol. The highest BCUT2D eigenvalue weighted by atomic mass is 32.1. The number of nitrogens with zero attached hydrogens (tertiary/aromatic N) is 4. The van der Waals surface area contributed by atoms with E-state index in [9.17, 15) is 4.79 Å². The predicted octanol–water partition coefficient (Wildman–Crippen LogP) is 4.47. The fraction of sp³-hybridized carbons (Fsp3) is 0.286. The Balaban J connectivity index is 1.35. The van der Waals surface area contributed by atoms with Crippen molar-refractivity contribution < 1.29 is 4.79 Å². The lowest BCUT2D eigenvalue weighted by atomic mass is 9.97. The van der Waals surface area contributed by atoms with E-state index >= 15 is 0 Å². The number of hydrogen-bond acceptors (Lipinski definition) is 5. The van der Waals surface area contributed by atoms with Crippen molar-refractivity contribution in [2.45, 2.75) is 25.2 Å². The van der Waals surface area contributed by atoms with E-state index in [-0.39, 0.29) is 11.8 Å². The van der Waals surface area contributed by atoms with E-state index in [1.54, 1.807) is 22.7 Å². The molecule has 1 saturated heterocycles. The fourth-order valence-electron chi connectivity index (χ4n) is 3.75. The first-order valence-electron chi connectivity index (χ1n) is 9.46. The second-order valence-corrected chi connectivity index (χ2v) is 9.08. The number of hydrogen-bond donors (Lipinski definition) is 0. The van der Waals surface area contributed by atoms with E-state index < -0.39 is 0 Å². The minimum atomic E-state index is 0.200. The summed E-state index contributed by atoms with van der Waals surface area (Å²) >= 11 is 3.36. The maximum Gasteiger partial charge on any atom is 0.227 e. The second kappa shape index (κ2) is 7.48. The van der Waals surface area contributed by atoms with Crippen LogP contribution in [0.25, 0.3) is 16.1 Å². The van der Waals surface area contributed by atoms with E-state index in [1.807, 2.05) is 39.2 Å². The first-order chi connectivity index (χ1) is 13.8. The van der Waals surface area contributed by atoms with E-state index in [0.29, 0.717) is 13.0 Å². The van der Waals surface area contributed by atoms with Gasteiger partial charge < -0.3 is 4.90 Å². The molecule has 0 aliphatic carbocycles. The van der Waals surface area contributed by atoms with Crippen molar-refractivity contribution >= 4 is 34.2 Å². The molecule has 0 spiro atoms. The highest BCUT2D eigenvalue weighted by molar-refractivity contribution is 7.13. The molecule has 5 heterocycles. The molecule has 1 aliphatic heterocycles. The van der Waals surface area contributed by atoms with Gasteiger partial charge in [-0.05, 0) is 47.9 Å². The molecule has 1 atom stereocenters. The van der Waals surface area contributed by atoms with Crippen LogP contribution in [0.15, 0.2) is 53.4 Å². The zero-order valence-electron chi connectivity index (χ0n) is 15.3. The van der Waals surface area contributed by atoms with Gasteiger partial charge in [0.05, 0.1) is 6.42 Å². The van der Waals surface area contributed by atoms with Gasteiger partial charge in [0, 0.05) is 40.5 Å². The van der Waals surface area contributed by atoms with Gasteiger partial charge in [0.25, 0.3) is 0 Å². The minimum Gasteiger partial charge on any atom is -0.342 e. The maximum absolute atomic E-state index is 12.7. The summed E-state index contributed by atoms with van der Waals surface area (Å²) in [6, 6.07) is 12.3. The van der Waals surface area contributed by atoms with Crippen molar-refractivity contribution in [1.29, 1.82) is 0 Å². The highest BCUT2D eigenvalue weighted by Crippen LogP contribution is 2.28. The number of fused-ring (bicyclic) bond motifs is 1. The zero-order chi connectivity index (χ0) is 18.9. The Kier molecular flexibility index (Phi) is 4.70. The van der Waals surface area contributed by atoms with Crippen LogP contribution in [0.1, 0.15) is 29.5 Å². The SMILES string of the molecule is O=C(Cc1cccs1)N1CCCC(c2nc3ccc(-c4cccs4)cn3n2)C1. The molecule has 0 N–H and O–H groups in total. The molecule has 1 amide bonds. The monoisotopic (exact) mass is 408 g/mol. The van der Waals surface area contributed by atoms with E-state index in [4.69, 9.17) is 10.1 Å². The molecule has 1 fully saturated rings. The van der Waals surface area contributed by atoms with Crippen molar-refractivity contribution in [2.24, 2.45) is 0 Å². The number of likely N-dealkylation sites (tertiary alicyclic amines) is 1. The summed E-state index contributed by atoms with van der Waals surface area (Å²) in [6.07, 6.45) is 4.56. The lowest BCUT2D eigenvalue weighted by molar-refractivity contribution is -0.131. The molecule has 1 unspecified atom stereocenters. The first kappa shape index (κ1) is 17.6. The van der Waals surface area contributed by atoms with Crippen molar-refractivity contribution in [3.8, 4) is 10.4 Å². The summed E-state index contributed by atoms with van der Waals surface area (Å²) in [5.74, 6) is 1.25. The van der Waals surface area contributed by atoms with Gasteiger partial charge in [-0.3, -0.25) is 4.79 Å². The van der Waals surface area contributed by atoms with Gasteiger partial charge in [-0.1, -0.05) is 12.1 Å². The van der Waals surface area contributed by atoms with E-state index in [2.05, 4.69) is 23.6 Å². The summed E-state index contributed by atoms with van der Waals surface area (Å²) in [5.41, 5.74) is 2.01. The molecule has 0 saturated carbocycles. The summed E-state index contributed by atoms with van der Waals surface area (Å²) in [5, 5.41) is 8.85. The third-order valence-corrected chi connectivity index (χ3v) is 6.99. The van der Waals surface area contributed by atoms with Crippen LogP contribution in [0.4, 0.5) is 0 Å². The van der Waals surface area contributed by atoms with Crippen LogP contribution in [0.3, 0.4) is 0 Å². The molecule has 1 aliphatic rings. The summed E-state index contributed by atoms with van der Waals surface area (Å²) < 4.78 is 1.87. The molecule has 4 aromatic heterocycles. The Morgan fingerprint density at radius 3 is 2.86 bits per heavy atom. The number of piperidine rings is 1. The molecule has 0 aromatic carbocycles. The number of rotatable bonds is 4. The largest absolute Gasteiger partial charge is 0.342 e. The Morgan fingerprint density at radius 1 is 1.14 bits per heavy atom. The number of carbonyl (C=O) groups is 1. The van der Waals surface area contributed by atoms with Crippen LogP contribution in [0.2, 0.25) is 0 Å². The zero-order valence-corrected chi connectivity index (χ0v) is 17.0. The van der Waals surface area contributed by atoms with Crippen LogP contribution in [-0.4, -0.2) is 38.5 Å². The molecule has 4 aromatic rings. The van der Waals surface area contributed by atoms with Crippen LogP contribution in [-0.2, 0) is 11.2 Å². The number of carbonyl (C=O) groups excluding carboxylic acids is 1. The van der Waals surface area contributed by atoms with Gasteiger partial charge in [-0.25, -0.2) is 9.50 Å². The predicted molar refractivity (Wildman–Crippen MR) is 113 cm³/mol. The van der Waals surface area contributed by atoms with Crippen molar-refractivity contribution in [3.05, 3.63) is 64.1 Å². The van der Waals surface area contributed by atoms with Crippen LogP contribution < -0.4 is 0 Å². The third kappa shape index (κ3) is 3.47. The lowest BCUT2D eigenvalue weighted by Crippen LogP contribution is -2.40. The highest BCUT2D eigenvalue weighted by Gasteiger charge is 2.27. The first-order valence-corrected chi connectivity index (χ1v) is 11.2. The molecule has 28 heavy (non-hydrogen) atoms. The topological polar surface area (TPSA) is 50.5 Å². The van der Waals surface area contributed by atoms with E-state index in [1.165, 1.54) is 4.88 Å². The van der Waals surface area contributed by atoms with Gasteiger partial charge in [0.15, 0.2) is 11.5 Å². The standard InChI is InChI=1S/C21H20N4OS2/c26-20(12-17-5-2-10-27-17)24-9-1-4-16(13-24)21-22-19-8-7-15(14-25(19)23-21)18-6-3-11-28-18/h2-3,5-8,10-11,14,16H,1,4,9,12-13H2. The van der Waals surface area contributed by atoms with Crippen molar-refractivity contribution in [1.82, 2.24) is 19.5 Å². The summed E-state index contributed by atoms with van der Waals surface area (Å²) in [6.45, 7) is 1.54. The maximum atomic E-state index is 12.7. The van der Waals surface area contributed by atoms with Crippen LogP contribution in [0, 0.1) is 0 Å². The van der Waals surface area contributed by atoms with Crippen molar-refractivity contribution in [3.63, 3.8) is 0 Å². The Morgan fingerprint density at radius 2 is 2.04 bits per heavy atom. The normalized spacial score (nSPS) is 17.3. The molecular formula is C21H20N4OS2. The lowest BCUT2D eigenvalue weighted by Gasteiger charge is -2.31. The Hall–Kier alpha value is -2.51. The fourth-order valence-corrected chi connectivity index (χ4v) is 5.16. The number of amides is 1. The van der Waals surface area contributed by atoms with Crippen LogP contribution in [0.5, 0.6) is 0 Å². The van der Waals surface area contributed by atoms with Crippen molar-refractivity contribution in [2.75, 3.05) is 13.1 Å². The van der Waals surface area contributed by atoms with Gasteiger partial charge in [0.1, 0.15) is 0 Å². The average molecular weight is 409 g/mol. The smallest absolute Gasteiger partial charge is 0.227 e. The molecule has 0 radical (unpaired) electrons. The Bertz CT molecular complexity index is 1090. The van der Waals surface area contributed by atoms with Gasteiger partial charge in [-0.2, -0.15) is 5.10 Å². The van der Waals surface area contributed by atoms with Gasteiger partial charge in [-0.15, -0.1) is 22.7 Å².